The minimum atomic E-state index is -0.342. The largest absolute Gasteiger partial charge is 0.462 e. The number of fused-ring (bicyclic) bond motifs is 1. The Balaban J connectivity index is 1.33. The van der Waals surface area contributed by atoms with E-state index in [1.165, 1.54) is 5.56 Å². The quantitative estimate of drug-likeness (QED) is 0.440. The number of thioether (sulfide) groups is 1. The zero-order valence-electron chi connectivity index (χ0n) is 19.1. The molecule has 1 amide bonds. The van der Waals surface area contributed by atoms with Crippen LogP contribution in [0, 0.1) is 0 Å². The zero-order valence-corrected chi connectivity index (χ0v) is 19.9. The van der Waals surface area contributed by atoms with Crippen LogP contribution >= 0.6 is 11.8 Å². The lowest BCUT2D eigenvalue weighted by atomic mass is 9.99. The van der Waals surface area contributed by atoms with Gasteiger partial charge in [0.05, 0.1) is 19.4 Å². The minimum Gasteiger partial charge on any atom is -0.462 e. The molecule has 0 atom stereocenters. The number of aliphatic hydroxyl groups excluding tert-OH is 1. The number of hydrogen-bond acceptors (Lipinski definition) is 8. The molecule has 8 nitrogen and oxygen atoms in total. The number of hydrogen-bond donors (Lipinski definition) is 2. The Morgan fingerprint density at radius 1 is 1.09 bits per heavy atom. The maximum absolute atomic E-state index is 12.8. The first-order valence-electron chi connectivity index (χ1n) is 11.5. The van der Waals surface area contributed by atoms with Crippen LogP contribution in [0.15, 0.2) is 47.6 Å². The molecule has 0 saturated carbocycles. The maximum Gasteiger partial charge on any atom is 0.320 e. The van der Waals surface area contributed by atoms with Crippen LogP contribution in [0.4, 0.5) is 5.69 Å². The number of nitrogens with zero attached hydrogens (tertiary/aromatic N) is 3. The molecular weight excluding hydrogens is 452 g/mol. The van der Waals surface area contributed by atoms with E-state index in [0.717, 1.165) is 54.4 Å². The van der Waals surface area contributed by atoms with E-state index in [1.807, 2.05) is 53.2 Å². The molecule has 4 rings (SSSR count). The van der Waals surface area contributed by atoms with Gasteiger partial charge in [-0.1, -0.05) is 18.2 Å². The smallest absolute Gasteiger partial charge is 0.320 e. The molecule has 2 aromatic rings. The molecule has 0 unspecified atom stereocenters. The number of nitrogens with one attached hydrogen (secondary N) is 1. The van der Waals surface area contributed by atoms with Crippen LogP contribution in [0.1, 0.15) is 27.0 Å². The van der Waals surface area contributed by atoms with Crippen LogP contribution in [0.25, 0.3) is 0 Å². The fraction of sp³-hybridized carbons (Fsp3) is 0.400. The van der Waals surface area contributed by atoms with Gasteiger partial charge < -0.3 is 15.2 Å². The second-order valence-electron chi connectivity index (χ2n) is 8.27. The average Bonchev–Trinajstić information content (AvgIpc) is 2.87. The summed E-state index contributed by atoms with van der Waals surface area (Å²) in [7, 11) is 0. The van der Waals surface area contributed by atoms with E-state index >= 15 is 0 Å². The Hall–Kier alpha value is -2.88. The number of anilines is 1. The molecule has 1 fully saturated rings. The second kappa shape index (κ2) is 12.0. The number of aliphatic hydroxyl groups is 1. The van der Waals surface area contributed by atoms with Gasteiger partial charge in [0.15, 0.2) is 0 Å². The molecule has 34 heavy (non-hydrogen) atoms. The van der Waals surface area contributed by atoms with Crippen LogP contribution in [0.5, 0.6) is 0 Å². The van der Waals surface area contributed by atoms with Crippen molar-refractivity contribution in [3.05, 3.63) is 64.7 Å². The molecule has 2 aliphatic heterocycles. The predicted molar refractivity (Wildman–Crippen MR) is 134 cm³/mol. The molecule has 2 aliphatic rings. The highest BCUT2D eigenvalue weighted by Crippen LogP contribution is 2.23. The first-order valence-corrected chi connectivity index (χ1v) is 12.6. The van der Waals surface area contributed by atoms with Gasteiger partial charge in [-0.3, -0.25) is 19.5 Å². The summed E-state index contributed by atoms with van der Waals surface area (Å²) in [6, 6.07) is 13.3. The van der Waals surface area contributed by atoms with Gasteiger partial charge in [0.25, 0.3) is 5.91 Å². The lowest BCUT2D eigenvalue weighted by molar-refractivity contribution is -0.146. The van der Waals surface area contributed by atoms with Gasteiger partial charge in [-0.15, -0.1) is 0 Å². The van der Waals surface area contributed by atoms with Crippen molar-refractivity contribution in [2.45, 2.75) is 13.0 Å². The third kappa shape index (κ3) is 6.82. The summed E-state index contributed by atoms with van der Waals surface area (Å²) in [6.07, 6.45) is 2.67. The summed E-state index contributed by atoms with van der Waals surface area (Å²) in [4.78, 5) is 26.6. The number of rotatable bonds is 8. The van der Waals surface area contributed by atoms with E-state index in [0.29, 0.717) is 12.1 Å². The van der Waals surface area contributed by atoms with Gasteiger partial charge in [0.1, 0.15) is 6.61 Å². The highest BCUT2D eigenvalue weighted by molar-refractivity contribution is 7.99. The van der Waals surface area contributed by atoms with Crippen molar-refractivity contribution in [1.82, 2.24) is 9.91 Å². The molecule has 2 N–H and O–H groups in total. The van der Waals surface area contributed by atoms with Crippen molar-refractivity contribution in [2.75, 3.05) is 56.2 Å². The van der Waals surface area contributed by atoms with E-state index in [1.54, 1.807) is 12.1 Å². The van der Waals surface area contributed by atoms with Crippen LogP contribution in [-0.4, -0.2) is 84.0 Å². The minimum absolute atomic E-state index is 0.0188. The Labute approximate surface area is 204 Å². The summed E-state index contributed by atoms with van der Waals surface area (Å²) in [5.41, 5.74) is 4.57. The summed E-state index contributed by atoms with van der Waals surface area (Å²) < 4.78 is 4.96. The lowest BCUT2D eigenvalue weighted by Gasteiger charge is -2.28. The van der Waals surface area contributed by atoms with Gasteiger partial charge in [0, 0.05) is 48.9 Å². The van der Waals surface area contributed by atoms with Crippen molar-refractivity contribution >= 4 is 35.5 Å². The number of ether oxygens (including phenoxy) is 1. The Morgan fingerprint density at radius 3 is 2.65 bits per heavy atom. The van der Waals surface area contributed by atoms with Gasteiger partial charge >= 0.3 is 5.97 Å². The Kier molecular flexibility index (Phi) is 8.56. The predicted octanol–water partition coefficient (Wildman–Crippen LogP) is 2.22. The standard InChI is InChI=1S/C25H30N4O4S/c30-11-12-33-24(31)18-28-8-7-20-5-6-23(15-22(20)17-28)27-25(32)21-3-1-19(2-4-21)16-26-29-9-13-34-14-10-29/h1-6,15-16,30H,7-14,17-18H2,(H,27,32). The van der Waals surface area contributed by atoms with E-state index in [-0.39, 0.29) is 31.6 Å². The average molecular weight is 483 g/mol. The van der Waals surface area contributed by atoms with E-state index in [4.69, 9.17) is 9.84 Å². The number of carbonyl (C=O) groups excluding carboxylic acids is 2. The normalized spacial score (nSPS) is 16.3. The molecule has 1 saturated heterocycles. The molecule has 0 spiro atoms. The van der Waals surface area contributed by atoms with Crippen molar-refractivity contribution < 1.29 is 19.4 Å². The molecule has 0 bridgehead atoms. The fourth-order valence-electron chi connectivity index (χ4n) is 3.96. The number of hydrazone groups is 1. The number of amides is 1. The highest BCUT2D eigenvalue weighted by atomic mass is 32.2. The van der Waals surface area contributed by atoms with Crippen molar-refractivity contribution in [2.24, 2.45) is 5.10 Å². The third-order valence-electron chi connectivity index (χ3n) is 5.79. The summed E-state index contributed by atoms with van der Waals surface area (Å²) >= 11 is 1.95. The number of benzene rings is 2. The molecule has 2 heterocycles. The highest BCUT2D eigenvalue weighted by Gasteiger charge is 2.20. The zero-order chi connectivity index (χ0) is 23.8. The molecule has 9 heteroatoms. The van der Waals surface area contributed by atoms with Crippen molar-refractivity contribution in [1.29, 1.82) is 0 Å². The Morgan fingerprint density at radius 2 is 1.88 bits per heavy atom. The molecule has 180 valence electrons. The molecule has 0 aromatic heterocycles. The molecule has 2 aromatic carbocycles. The van der Waals surface area contributed by atoms with E-state index < -0.39 is 0 Å². The van der Waals surface area contributed by atoms with Crippen LogP contribution in [0.3, 0.4) is 0 Å². The first-order chi connectivity index (χ1) is 16.6. The van der Waals surface area contributed by atoms with E-state index in [2.05, 4.69) is 15.4 Å². The number of esters is 1. The lowest BCUT2D eigenvalue weighted by Crippen LogP contribution is -2.35. The Bertz CT molecular complexity index is 1020. The first kappa shape index (κ1) is 24.3. The molecule has 0 radical (unpaired) electrons. The number of carbonyl (C=O) groups is 2. The topological polar surface area (TPSA) is 94.5 Å². The third-order valence-corrected chi connectivity index (χ3v) is 6.74. The summed E-state index contributed by atoms with van der Waals surface area (Å²) in [6.45, 7) is 3.33. The van der Waals surface area contributed by atoms with Gasteiger partial charge in [-0.2, -0.15) is 16.9 Å². The second-order valence-corrected chi connectivity index (χ2v) is 9.50. The summed E-state index contributed by atoms with van der Waals surface area (Å²) in [5.74, 6) is 1.70. The molecular formula is C25H30N4O4S. The van der Waals surface area contributed by atoms with Gasteiger partial charge in [-0.05, 0) is 47.4 Å². The van der Waals surface area contributed by atoms with Crippen LogP contribution < -0.4 is 5.32 Å². The van der Waals surface area contributed by atoms with Crippen LogP contribution in [0.2, 0.25) is 0 Å². The summed E-state index contributed by atoms with van der Waals surface area (Å²) in [5, 5.41) is 18.4. The van der Waals surface area contributed by atoms with Crippen LogP contribution in [-0.2, 0) is 22.5 Å². The maximum atomic E-state index is 12.8. The fourth-order valence-corrected chi connectivity index (χ4v) is 4.84. The van der Waals surface area contributed by atoms with Gasteiger partial charge in [-0.25, -0.2) is 0 Å². The molecule has 0 aliphatic carbocycles. The SMILES string of the molecule is O=C(CN1CCc2ccc(NC(=O)c3ccc(C=NN4CCSCC4)cc3)cc2C1)OCCO. The van der Waals surface area contributed by atoms with Gasteiger partial charge in [0.2, 0.25) is 0 Å². The van der Waals surface area contributed by atoms with Crippen molar-refractivity contribution in [3.63, 3.8) is 0 Å². The van der Waals surface area contributed by atoms with Crippen molar-refractivity contribution in [3.8, 4) is 0 Å². The monoisotopic (exact) mass is 482 g/mol. The van der Waals surface area contributed by atoms with E-state index in [9.17, 15) is 9.59 Å².